The maximum absolute atomic E-state index is 12.0. The summed E-state index contributed by atoms with van der Waals surface area (Å²) in [6.07, 6.45) is 5.59. The fourth-order valence-corrected chi connectivity index (χ4v) is 2.20. The minimum absolute atomic E-state index is 0.0553. The second kappa shape index (κ2) is 6.77. The molecule has 104 valence electrons. The van der Waals surface area contributed by atoms with E-state index in [0.717, 1.165) is 31.9 Å². The number of likely N-dealkylation sites (N-methyl/N-ethyl adjacent to an activating group) is 1. The summed E-state index contributed by atoms with van der Waals surface area (Å²) in [4.78, 5) is 16.4. The molecular formula is C13H20N4OS. The number of aromatic nitrogens is 2. The highest BCUT2D eigenvalue weighted by Gasteiger charge is 2.15. The third-order valence-corrected chi connectivity index (χ3v) is 3.48. The lowest BCUT2D eigenvalue weighted by Crippen LogP contribution is -2.45. The SMILES string of the molecule is CN1CCN(c2cnn(C/C=C/CS)c(=O)c2)CC1. The van der Waals surface area contributed by atoms with E-state index < -0.39 is 0 Å². The van der Waals surface area contributed by atoms with Gasteiger partial charge in [-0.3, -0.25) is 4.79 Å². The van der Waals surface area contributed by atoms with E-state index >= 15 is 0 Å². The molecule has 0 unspecified atom stereocenters. The van der Waals surface area contributed by atoms with Gasteiger partial charge in [-0.1, -0.05) is 12.2 Å². The first-order valence-corrected chi connectivity index (χ1v) is 7.10. The van der Waals surface area contributed by atoms with Gasteiger partial charge in [-0.2, -0.15) is 17.7 Å². The first kappa shape index (κ1) is 14.1. The van der Waals surface area contributed by atoms with Crippen LogP contribution in [0.1, 0.15) is 0 Å². The minimum atomic E-state index is -0.0553. The molecule has 0 saturated carbocycles. The monoisotopic (exact) mass is 280 g/mol. The standard InChI is InChI=1S/C13H20N4OS/c1-15-5-7-16(8-6-15)12-10-13(18)17(14-11-12)4-2-3-9-19/h2-3,10-11,19H,4-9H2,1H3/b3-2+. The van der Waals surface area contributed by atoms with Crippen LogP contribution in [0.25, 0.3) is 0 Å². The van der Waals surface area contributed by atoms with Crippen molar-refractivity contribution in [3.63, 3.8) is 0 Å². The molecular weight excluding hydrogens is 260 g/mol. The summed E-state index contributed by atoms with van der Waals surface area (Å²) in [5.74, 6) is 0.675. The second-order valence-corrected chi connectivity index (χ2v) is 5.04. The van der Waals surface area contributed by atoms with Gasteiger partial charge in [0, 0.05) is 38.0 Å². The summed E-state index contributed by atoms with van der Waals surface area (Å²) in [5, 5.41) is 4.22. The van der Waals surface area contributed by atoms with E-state index in [-0.39, 0.29) is 5.56 Å². The Labute approximate surface area is 118 Å². The molecule has 6 heteroatoms. The lowest BCUT2D eigenvalue weighted by molar-refractivity contribution is 0.312. The van der Waals surface area contributed by atoms with Gasteiger partial charge >= 0.3 is 0 Å². The number of hydrogen-bond acceptors (Lipinski definition) is 5. The molecule has 5 nitrogen and oxygen atoms in total. The Balaban J connectivity index is 2.06. The van der Waals surface area contributed by atoms with Crippen LogP contribution in [0.3, 0.4) is 0 Å². The average molecular weight is 280 g/mol. The number of thiol groups is 1. The zero-order chi connectivity index (χ0) is 13.7. The maximum Gasteiger partial charge on any atom is 0.269 e. The molecule has 0 amide bonds. The normalized spacial score (nSPS) is 17.3. The molecule has 0 atom stereocenters. The lowest BCUT2D eigenvalue weighted by atomic mass is 10.3. The molecule has 0 N–H and O–H groups in total. The summed E-state index contributed by atoms with van der Waals surface area (Å²) < 4.78 is 1.46. The van der Waals surface area contributed by atoms with Crippen molar-refractivity contribution in [2.75, 3.05) is 43.9 Å². The summed E-state index contributed by atoms with van der Waals surface area (Å²) in [6, 6.07) is 1.67. The highest BCUT2D eigenvalue weighted by molar-refractivity contribution is 7.80. The quantitative estimate of drug-likeness (QED) is 0.643. The van der Waals surface area contributed by atoms with Gasteiger partial charge < -0.3 is 9.80 Å². The molecule has 0 radical (unpaired) electrons. The number of nitrogens with zero attached hydrogens (tertiary/aromatic N) is 4. The zero-order valence-electron chi connectivity index (χ0n) is 11.2. The van der Waals surface area contributed by atoms with Crippen LogP contribution < -0.4 is 10.5 Å². The van der Waals surface area contributed by atoms with Gasteiger partial charge in [0.15, 0.2) is 0 Å². The predicted molar refractivity (Wildman–Crippen MR) is 81.2 cm³/mol. The van der Waals surface area contributed by atoms with Gasteiger partial charge in [0.05, 0.1) is 18.4 Å². The van der Waals surface area contributed by atoms with Crippen LogP contribution in [-0.4, -0.2) is 53.7 Å². The molecule has 1 aliphatic rings. The van der Waals surface area contributed by atoms with Crippen LogP contribution in [0.4, 0.5) is 5.69 Å². The van der Waals surface area contributed by atoms with Crippen LogP contribution in [-0.2, 0) is 6.54 Å². The van der Waals surface area contributed by atoms with Crippen molar-refractivity contribution in [1.29, 1.82) is 0 Å². The molecule has 0 aromatic carbocycles. The predicted octanol–water partition coefficient (Wildman–Crippen LogP) is 0.481. The molecule has 1 aliphatic heterocycles. The zero-order valence-corrected chi connectivity index (χ0v) is 12.1. The number of piperazine rings is 1. The summed E-state index contributed by atoms with van der Waals surface area (Å²) in [6.45, 7) is 4.44. The highest BCUT2D eigenvalue weighted by atomic mass is 32.1. The molecule has 2 rings (SSSR count). The lowest BCUT2D eigenvalue weighted by Gasteiger charge is -2.33. The molecule has 1 aromatic rings. The van der Waals surface area contributed by atoms with Crippen molar-refractivity contribution >= 4 is 18.3 Å². The summed E-state index contributed by atoms with van der Waals surface area (Å²) >= 11 is 4.08. The van der Waals surface area contributed by atoms with E-state index in [2.05, 4.69) is 34.6 Å². The van der Waals surface area contributed by atoms with Crippen LogP contribution in [0.5, 0.6) is 0 Å². The van der Waals surface area contributed by atoms with Crippen LogP contribution >= 0.6 is 12.6 Å². The van der Waals surface area contributed by atoms with Crippen molar-refractivity contribution in [3.8, 4) is 0 Å². The van der Waals surface area contributed by atoms with Crippen molar-refractivity contribution in [1.82, 2.24) is 14.7 Å². The molecule has 19 heavy (non-hydrogen) atoms. The minimum Gasteiger partial charge on any atom is -0.368 e. The van der Waals surface area contributed by atoms with E-state index in [0.29, 0.717) is 12.3 Å². The summed E-state index contributed by atoms with van der Waals surface area (Å²) in [7, 11) is 2.11. The maximum atomic E-state index is 12.0. The largest absolute Gasteiger partial charge is 0.368 e. The molecule has 2 heterocycles. The van der Waals surface area contributed by atoms with E-state index in [4.69, 9.17) is 0 Å². The van der Waals surface area contributed by atoms with Crippen molar-refractivity contribution in [2.24, 2.45) is 0 Å². The summed E-state index contributed by atoms with van der Waals surface area (Å²) in [5.41, 5.74) is 0.868. The Morgan fingerprint density at radius 2 is 2.05 bits per heavy atom. The van der Waals surface area contributed by atoms with Crippen molar-refractivity contribution in [2.45, 2.75) is 6.54 Å². The van der Waals surface area contributed by atoms with Gasteiger partial charge in [-0.25, -0.2) is 4.68 Å². The van der Waals surface area contributed by atoms with E-state index in [9.17, 15) is 4.79 Å². The second-order valence-electron chi connectivity index (χ2n) is 4.68. The number of hydrogen-bond donors (Lipinski definition) is 1. The first-order chi connectivity index (χ1) is 9.20. The highest BCUT2D eigenvalue weighted by Crippen LogP contribution is 2.11. The van der Waals surface area contributed by atoms with E-state index in [1.165, 1.54) is 4.68 Å². The smallest absolute Gasteiger partial charge is 0.269 e. The van der Waals surface area contributed by atoms with Gasteiger partial charge in [-0.15, -0.1) is 0 Å². The Morgan fingerprint density at radius 3 is 2.68 bits per heavy atom. The number of anilines is 1. The molecule has 0 spiro atoms. The molecule has 0 aliphatic carbocycles. The van der Waals surface area contributed by atoms with E-state index in [1.54, 1.807) is 12.3 Å². The third-order valence-electron chi connectivity index (χ3n) is 3.27. The van der Waals surface area contributed by atoms with Gasteiger partial charge in [0.25, 0.3) is 5.56 Å². The average Bonchev–Trinajstić information content (AvgIpc) is 2.42. The fourth-order valence-electron chi connectivity index (χ4n) is 2.05. The Hall–Kier alpha value is -1.27. The van der Waals surface area contributed by atoms with E-state index in [1.807, 2.05) is 12.2 Å². The number of allylic oxidation sites excluding steroid dienone is 1. The number of rotatable bonds is 4. The van der Waals surface area contributed by atoms with Gasteiger partial charge in [0.1, 0.15) is 0 Å². The van der Waals surface area contributed by atoms with Crippen LogP contribution in [0.2, 0.25) is 0 Å². The molecule has 1 saturated heterocycles. The Morgan fingerprint density at radius 1 is 1.32 bits per heavy atom. The Bertz CT molecular complexity index is 492. The Kier molecular flexibility index (Phi) is 5.04. The van der Waals surface area contributed by atoms with Crippen molar-refractivity contribution < 1.29 is 0 Å². The van der Waals surface area contributed by atoms with Crippen LogP contribution in [0.15, 0.2) is 29.2 Å². The fraction of sp³-hybridized carbons (Fsp3) is 0.538. The van der Waals surface area contributed by atoms with Gasteiger partial charge in [-0.05, 0) is 7.05 Å². The van der Waals surface area contributed by atoms with Crippen molar-refractivity contribution in [3.05, 3.63) is 34.8 Å². The third kappa shape index (κ3) is 3.84. The van der Waals surface area contributed by atoms with Gasteiger partial charge in [0.2, 0.25) is 0 Å². The molecule has 0 bridgehead atoms. The van der Waals surface area contributed by atoms with Crippen LogP contribution in [0, 0.1) is 0 Å². The molecule has 1 aromatic heterocycles. The topological polar surface area (TPSA) is 41.4 Å². The first-order valence-electron chi connectivity index (χ1n) is 6.47. The molecule has 1 fully saturated rings.